The largest absolute Gasteiger partial charge is 0.383 e. The van der Waals surface area contributed by atoms with E-state index in [1.165, 1.54) is 5.56 Å². The molecule has 0 aliphatic carbocycles. The van der Waals surface area contributed by atoms with Gasteiger partial charge in [0.2, 0.25) is 0 Å². The van der Waals surface area contributed by atoms with Gasteiger partial charge in [-0.25, -0.2) is 0 Å². The quantitative estimate of drug-likeness (QED) is 0.775. The van der Waals surface area contributed by atoms with Gasteiger partial charge < -0.3 is 15.8 Å². The normalized spacial score (nSPS) is 12.7. The summed E-state index contributed by atoms with van der Waals surface area (Å²) >= 11 is 3.41. The van der Waals surface area contributed by atoms with Crippen molar-refractivity contribution in [1.82, 2.24) is 5.32 Å². The van der Waals surface area contributed by atoms with Crippen LogP contribution in [0.25, 0.3) is 0 Å². The lowest BCUT2D eigenvalue weighted by Gasteiger charge is -2.17. The number of nitrogens with one attached hydrogen (secondary N) is 1. The molecule has 1 atom stereocenters. The number of nitrogens with two attached hydrogens (primary N) is 1. The molecule has 0 saturated carbocycles. The molecular weight excluding hydrogens is 256 g/mol. The number of benzene rings is 1. The molecule has 3 N–H and O–H groups in total. The lowest BCUT2D eigenvalue weighted by molar-refractivity contribution is 0.196. The van der Waals surface area contributed by atoms with Crippen LogP contribution in [-0.4, -0.2) is 26.8 Å². The highest BCUT2D eigenvalue weighted by atomic mass is 79.9. The highest BCUT2D eigenvalue weighted by Gasteiger charge is 2.07. The van der Waals surface area contributed by atoms with Crippen molar-refractivity contribution in [3.63, 3.8) is 0 Å². The highest BCUT2D eigenvalue weighted by Crippen LogP contribution is 2.15. The van der Waals surface area contributed by atoms with E-state index >= 15 is 0 Å². The van der Waals surface area contributed by atoms with Crippen LogP contribution in [0.15, 0.2) is 28.7 Å². The van der Waals surface area contributed by atoms with Gasteiger partial charge >= 0.3 is 0 Å². The molecule has 0 aliphatic rings. The van der Waals surface area contributed by atoms with Gasteiger partial charge in [-0.2, -0.15) is 0 Å². The zero-order valence-electron chi connectivity index (χ0n) is 8.87. The second kappa shape index (κ2) is 6.95. The molecule has 0 aromatic heterocycles. The molecule has 3 nitrogen and oxygen atoms in total. The first-order valence-electron chi connectivity index (χ1n) is 4.95. The molecule has 0 aliphatic heterocycles. The van der Waals surface area contributed by atoms with Crippen LogP contribution in [0.2, 0.25) is 0 Å². The van der Waals surface area contributed by atoms with E-state index in [-0.39, 0.29) is 6.04 Å². The first kappa shape index (κ1) is 12.6. The van der Waals surface area contributed by atoms with Crippen LogP contribution in [0.3, 0.4) is 0 Å². The average molecular weight is 273 g/mol. The zero-order chi connectivity index (χ0) is 11.1. The molecule has 0 fully saturated rings. The topological polar surface area (TPSA) is 47.3 Å². The van der Waals surface area contributed by atoms with E-state index in [1.807, 2.05) is 12.1 Å². The summed E-state index contributed by atoms with van der Waals surface area (Å²) < 4.78 is 6.06. The Kier molecular flexibility index (Phi) is 5.86. The minimum absolute atomic E-state index is 0.202. The minimum atomic E-state index is 0.202. The second-order valence-electron chi connectivity index (χ2n) is 3.29. The fourth-order valence-electron chi connectivity index (χ4n) is 1.37. The summed E-state index contributed by atoms with van der Waals surface area (Å²) in [4.78, 5) is 0. The third-order valence-corrected chi connectivity index (χ3v) is 2.73. The summed E-state index contributed by atoms with van der Waals surface area (Å²) in [6.07, 6.45) is 0. The van der Waals surface area contributed by atoms with Gasteiger partial charge in [0.05, 0.1) is 6.61 Å². The summed E-state index contributed by atoms with van der Waals surface area (Å²) in [7, 11) is 1.69. The number of hydrogen-bond acceptors (Lipinski definition) is 3. The Labute approximate surface area is 99.1 Å². The number of hydrogen-bond donors (Lipinski definition) is 2. The molecule has 0 saturated heterocycles. The maximum Gasteiger partial charge on any atom is 0.0587 e. The van der Waals surface area contributed by atoms with Crippen molar-refractivity contribution in [1.29, 1.82) is 0 Å². The zero-order valence-corrected chi connectivity index (χ0v) is 10.5. The first-order chi connectivity index (χ1) is 7.27. The average Bonchev–Trinajstić information content (AvgIpc) is 2.26. The van der Waals surface area contributed by atoms with E-state index in [1.54, 1.807) is 7.11 Å². The van der Waals surface area contributed by atoms with Gasteiger partial charge in [-0.15, -0.1) is 0 Å². The van der Waals surface area contributed by atoms with E-state index in [2.05, 4.69) is 33.4 Å². The van der Waals surface area contributed by atoms with E-state index in [4.69, 9.17) is 10.5 Å². The Morgan fingerprint density at radius 1 is 1.40 bits per heavy atom. The lowest BCUT2D eigenvalue weighted by Crippen LogP contribution is -2.30. The summed E-state index contributed by atoms with van der Waals surface area (Å²) in [6.45, 7) is 2.10. The Hall–Kier alpha value is -0.420. The van der Waals surface area contributed by atoms with Gasteiger partial charge in [0.1, 0.15) is 0 Å². The summed E-state index contributed by atoms with van der Waals surface area (Å²) in [5, 5.41) is 3.34. The molecule has 0 heterocycles. The lowest BCUT2D eigenvalue weighted by atomic mass is 10.1. The van der Waals surface area contributed by atoms with Gasteiger partial charge in [0.25, 0.3) is 0 Å². The molecule has 0 amide bonds. The van der Waals surface area contributed by atoms with E-state index in [0.717, 1.165) is 11.0 Å². The summed E-state index contributed by atoms with van der Waals surface area (Å²) in [5.74, 6) is 0. The van der Waals surface area contributed by atoms with Crippen molar-refractivity contribution < 1.29 is 4.74 Å². The van der Waals surface area contributed by atoms with Crippen molar-refractivity contribution in [2.75, 3.05) is 26.8 Å². The number of halogens is 1. The smallest absolute Gasteiger partial charge is 0.0587 e. The van der Waals surface area contributed by atoms with Gasteiger partial charge in [-0.3, -0.25) is 0 Å². The molecule has 1 aromatic carbocycles. The first-order valence-corrected chi connectivity index (χ1v) is 5.75. The van der Waals surface area contributed by atoms with E-state index < -0.39 is 0 Å². The van der Waals surface area contributed by atoms with Crippen LogP contribution >= 0.6 is 15.9 Å². The van der Waals surface area contributed by atoms with Crippen LogP contribution in [0, 0.1) is 0 Å². The van der Waals surface area contributed by atoms with E-state index in [9.17, 15) is 0 Å². The molecular formula is C11H17BrN2O. The second-order valence-corrected chi connectivity index (χ2v) is 4.20. The molecule has 0 radical (unpaired) electrons. The minimum Gasteiger partial charge on any atom is -0.383 e. The Morgan fingerprint density at radius 3 is 2.60 bits per heavy atom. The molecule has 1 rings (SSSR count). The van der Waals surface area contributed by atoms with Crippen molar-refractivity contribution in [2.24, 2.45) is 5.73 Å². The standard InChI is InChI=1S/C11H17BrN2O/c1-15-7-6-14-11(8-13)9-2-4-10(12)5-3-9/h2-5,11,14H,6-8,13H2,1H3. The molecule has 15 heavy (non-hydrogen) atoms. The van der Waals surface area contributed by atoms with Crippen molar-refractivity contribution in [3.8, 4) is 0 Å². The van der Waals surface area contributed by atoms with Gasteiger partial charge in [-0.05, 0) is 17.7 Å². The van der Waals surface area contributed by atoms with Crippen molar-refractivity contribution in [2.45, 2.75) is 6.04 Å². The Balaban J connectivity index is 2.53. The van der Waals surface area contributed by atoms with E-state index in [0.29, 0.717) is 13.2 Å². The van der Waals surface area contributed by atoms with Crippen molar-refractivity contribution in [3.05, 3.63) is 34.3 Å². The highest BCUT2D eigenvalue weighted by molar-refractivity contribution is 9.10. The maximum atomic E-state index is 5.71. The third kappa shape index (κ3) is 4.30. The molecule has 0 spiro atoms. The SMILES string of the molecule is COCCNC(CN)c1ccc(Br)cc1. The molecule has 0 bridgehead atoms. The van der Waals surface area contributed by atoms with Crippen LogP contribution in [0.1, 0.15) is 11.6 Å². The van der Waals surface area contributed by atoms with Gasteiger partial charge in [0, 0.05) is 30.7 Å². The van der Waals surface area contributed by atoms with Crippen LogP contribution < -0.4 is 11.1 Å². The summed E-state index contributed by atoms with van der Waals surface area (Å²) in [5.41, 5.74) is 6.92. The van der Waals surface area contributed by atoms with Crippen LogP contribution in [0.5, 0.6) is 0 Å². The van der Waals surface area contributed by atoms with Crippen LogP contribution in [0.4, 0.5) is 0 Å². The Morgan fingerprint density at radius 2 is 2.07 bits per heavy atom. The predicted molar refractivity (Wildman–Crippen MR) is 65.8 cm³/mol. The molecule has 84 valence electrons. The number of methoxy groups -OCH3 is 1. The Bertz CT molecular complexity index is 276. The third-order valence-electron chi connectivity index (χ3n) is 2.20. The fourth-order valence-corrected chi connectivity index (χ4v) is 1.63. The maximum absolute atomic E-state index is 5.71. The monoisotopic (exact) mass is 272 g/mol. The van der Waals surface area contributed by atoms with Gasteiger partial charge in [0.15, 0.2) is 0 Å². The fraction of sp³-hybridized carbons (Fsp3) is 0.455. The van der Waals surface area contributed by atoms with Crippen molar-refractivity contribution >= 4 is 15.9 Å². The predicted octanol–water partition coefficient (Wildman–Crippen LogP) is 1.68. The van der Waals surface area contributed by atoms with Gasteiger partial charge in [-0.1, -0.05) is 28.1 Å². The summed E-state index contributed by atoms with van der Waals surface area (Å²) in [6, 6.07) is 8.39. The molecule has 1 unspecified atom stereocenters. The number of ether oxygens (including phenoxy) is 1. The van der Waals surface area contributed by atoms with Crippen LogP contribution in [-0.2, 0) is 4.74 Å². The number of rotatable bonds is 6. The molecule has 4 heteroatoms. The molecule has 1 aromatic rings.